The van der Waals surface area contributed by atoms with Crippen LogP contribution in [0.2, 0.25) is 10.0 Å². The van der Waals surface area contributed by atoms with Gasteiger partial charge in [-0.3, -0.25) is 18.7 Å². The maximum absolute atomic E-state index is 13.3. The van der Waals surface area contributed by atoms with E-state index in [-0.39, 0.29) is 24.1 Å². The molecule has 0 bridgehead atoms. The summed E-state index contributed by atoms with van der Waals surface area (Å²) in [6.45, 7) is 0.0257. The Morgan fingerprint density at radius 3 is 2.50 bits per heavy atom. The fourth-order valence-corrected chi connectivity index (χ4v) is 4.02. The van der Waals surface area contributed by atoms with Gasteiger partial charge in [0.2, 0.25) is 5.95 Å². The number of benzene rings is 2. The standard InChI is InChI=1S/C23H21Cl2N5O4/c1-28-19-20(27-22(28)26-15-5-3-4-13(10-15)7-9-18(31)32)29(2)23(34)30(21(19)33)12-14-6-8-16(24)17(25)11-14/h3-6,8,10-11H,7,9,12H2,1-2H3,(H,26,27)(H,31,32). The molecule has 11 heteroatoms. The van der Waals surface area contributed by atoms with Crippen molar-refractivity contribution in [3.8, 4) is 0 Å². The van der Waals surface area contributed by atoms with E-state index in [4.69, 9.17) is 28.3 Å². The molecule has 0 aliphatic carbocycles. The predicted octanol–water partition coefficient (Wildman–Crippen LogP) is 3.55. The van der Waals surface area contributed by atoms with Crippen LogP contribution in [0.3, 0.4) is 0 Å². The van der Waals surface area contributed by atoms with Crippen molar-refractivity contribution in [2.24, 2.45) is 14.1 Å². The number of hydrogen-bond donors (Lipinski definition) is 2. The van der Waals surface area contributed by atoms with Gasteiger partial charge in [-0.2, -0.15) is 4.98 Å². The SMILES string of the molecule is Cn1c(Nc2cccc(CCC(=O)O)c2)nc2c1c(=O)n(Cc1ccc(Cl)c(Cl)c1)c(=O)n2C. The zero-order valence-corrected chi connectivity index (χ0v) is 19.9. The lowest BCUT2D eigenvalue weighted by Gasteiger charge is -2.10. The summed E-state index contributed by atoms with van der Waals surface area (Å²) in [6.07, 6.45) is 0.414. The van der Waals surface area contributed by atoms with Crippen LogP contribution in [0.15, 0.2) is 52.1 Å². The molecule has 0 aliphatic rings. The van der Waals surface area contributed by atoms with Gasteiger partial charge in [0.25, 0.3) is 5.56 Å². The van der Waals surface area contributed by atoms with Crippen molar-refractivity contribution in [3.05, 3.63) is 84.5 Å². The number of rotatable bonds is 7. The van der Waals surface area contributed by atoms with E-state index in [2.05, 4.69) is 10.3 Å². The van der Waals surface area contributed by atoms with Gasteiger partial charge in [0.05, 0.1) is 16.6 Å². The first kappa shape index (κ1) is 23.6. The molecule has 34 heavy (non-hydrogen) atoms. The van der Waals surface area contributed by atoms with Crippen LogP contribution >= 0.6 is 23.2 Å². The van der Waals surface area contributed by atoms with Crippen LogP contribution in [0.25, 0.3) is 11.2 Å². The van der Waals surface area contributed by atoms with Crippen LogP contribution in [-0.2, 0) is 31.9 Å². The van der Waals surface area contributed by atoms with E-state index in [1.54, 1.807) is 36.9 Å². The van der Waals surface area contributed by atoms with E-state index in [1.807, 2.05) is 24.3 Å². The maximum Gasteiger partial charge on any atom is 0.332 e. The largest absolute Gasteiger partial charge is 0.481 e. The zero-order chi connectivity index (χ0) is 24.6. The number of aromatic nitrogens is 4. The van der Waals surface area contributed by atoms with Gasteiger partial charge in [-0.25, -0.2) is 4.79 Å². The van der Waals surface area contributed by atoms with Crippen LogP contribution < -0.4 is 16.6 Å². The molecule has 2 aromatic heterocycles. The summed E-state index contributed by atoms with van der Waals surface area (Å²) in [6, 6.07) is 12.2. The minimum absolute atomic E-state index is 0.0240. The second kappa shape index (κ2) is 9.36. The van der Waals surface area contributed by atoms with Crippen LogP contribution in [-0.4, -0.2) is 29.8 Å². The van der Waals surface area contributed by atoms with Gasteiger partial charge in [0.15, 0.2) is 11.2 Å². The van der Waals surface area contributed by atoms with Gasteiger partial charge in [0, 0.05) is 26.2 Å². The smallest absolute Gasteiger partial charge is 0.332 e. The van der Waals surface area contributed by atoms with E-state index in [1.165, 1.54) is 4.57 Å². The third-order valence-electron chi connectivity index (χ3n) is 5.50. The molecule has 0 fully saturated rings. The number of nitrogens with zero attached hydrogens (tertiary/aromatic N) is 4. The molecule has 4 rings (SSSR count). The fraction of sp³-hybridized carbons (Fsp3) is 0.217. The van der Waals surface area contributed by atoms with Crippen molar-refractivity contribution in [2.75, 3.05) is 5.32 Å². The first-order valence-corrected chi connectivity index (χ1v) is 11.1. The van der Waals surface area contributed by atoms with Gasteiger partial charge < -0.3 is 15.0 Å². The summed E-state index contributed by atoms with van der Waals surface area (Å²) < 4.78 is 4.04. The normalized spacial score (nSPS) is 11.2. The molecular formula is C23H21Cl2N5O4. The Hall–Kier alpha value is -3.56. The summed E-state index contributed by atoms with van der Waals surface area (Å²) in [4.78, 5) is 41.6. The number of hydrogen-bond acceptors (Lipinski definition) is 5. The summed E-state index contributed by atoms with van der Waals surface area (Å²) in [5.41, 5.74) is 1.70. The molecule has 176 valence electrons. The highest BCUT2D eigenvalue weighted by Gasteiger charge is 2.19. The highest BCUT2D eigenvalue weighted by Crippen LogP contribution is 2.23. The third-order valence-corrected chi connectivity index (χ3v) is 6.23. The molecule has 0 spiro atoms. The van der Waals surface area contributed by atoms with Gasteiger partial charge in [0.1, 0.15) is 0 Å². The van der Waals surface area contributed by atoms with Crippen molar-refractivity contribution in [2.45, 2.75) is 19.4 Å². The molecule has 2 aromatic carbocycles. The highest BCUT2D eigenvalue weighted by molar-refractivity contribution is 6.42. The Kier molecular flexibility index (Phi) is 6.49. The van der Waals surface area contributed by atoms with Crippen molar-refractivity contribution < 1.29 is 9.90 Å². The van der Waals surface area contributed by atoms with Gasteiger partial charge in [-0.1, -0.05) is 41.4 Å². The number of imidazole rings is 1. The second-order valence-electron chi connectivity index (χ2n) is 7.87. The Labute approximate surface area is 203 Å². The lowest BCUT2D eigenvalue weighted by molar-refractivity contribution is -0.136. The molecule has 0 amide bonds. The molecule has 0 atom stereocenters. The molecule has 0 aliphatic heterocycles. The van der Waals surface area contributed by atoms with Crippen LogP contribution in [0.5, 0.6) is 0 Å². The van der Waals surface area contributed by atoms with Gasteiger partial charge in [-0.05, 0) is 41.8 Å². The predicted molar refractivity (Wildman–Crippen MR) is 131 cm³/mol. The van der Waals surface area contributed by atoms with Crippen molar-refractivity contribution in [3.63, 3.8) is 0 Å². The number of carboxylic acid groups (broad SMARTS) is 1. The maximum atomic E-state index is 13.3. The summed E-state index contributed by atoms with van der Waals surface area (Å²) >= 11 is 12.1. The van der Waals surface area contributed by atoms with Crippen LogP contribution in [0, 0.1) is 0 Å². The van der Waals surface area contributed by atoms with Crippen LogP contribution in [0.1, 0.15) is 17.5 Å². The number of halogens is 2. The molecule has 2 heterocycles. The lowest BCUT2D eigenvalue weighted by atomic mass is 10.1. The Morgan fingerprint density at radius 2 is 1.79 bits per heavy atom. The molecule has 4 aromatic rings. The number of carboxylic acids is 1. The number of nitrogens with one attached hydrogen (secondary N) is 1. The number of carbonyl (C=O) groups is 1. The summed E-state index contributed by atoms with van der Waals surface area (Å²) in [5.74, 6) is -0.503. The number of anilines is 2. The van der Waals surface area contributed by atoms with E-state index in [9.17, 15) is 14.4 Å². The minimum atomic E-state index is -0.869. The van der Waals surface area contributed by atoms with Crippen molar-refractivity contribution in [1.82, 2.24) is 18.7 Å². The van der Waals surface area contributed by atoms with E-state index in [0.717, 1.165) is 10.1 Å². The van der Waals surface area contributed by atoms with Gasteiger partial charge >= 0.3 is 11.7 Å². The second-order valence-corrected chi connectivity index (χ2v) is 8.68. The van der Waals surface area contributed by atoms with Crippen molar-refractivity contribution in [1.29, 1.82) is 0 Å². The molecule has 0 radical (unpaired) electrons. The van der Waals surface area contributed by atoms with E-state index in [0.29, 0.717) is 33.7 Å². The molecule has 0 saturated heterocycles. The Balaban J connectivity index is 1.73. The Bertz CT molecular complexity index is 1540. The van der Waals surface area contributed by atoms with Crippen molar-refractivity contribution >= 4 is 52.0 Å². The first-order chi connectivity index (χ1) is 16.2. The van der Waals surface area contributed by atoms with E-state index >= 15 is 0 Å². The lowest BCUT2D eigenvalue weighted by Crippen LogP contribution is -2.39. The number of fused-ring (bicyclic) bond motifs is 1. The Morgan fingerprint density at radius 1 is 1.03 bits per heavy atom. The quantitative estimate of drug-likeness (QED) is 0.400. The zero-order valence-electron chi connectivity index (χ0n) is 18.4. The first-order valence-electron chi connectivity index (χ1n) is 10.3. The third kappa shape index (κ3) is 4.57. The summed E-state index contributed by atoms with van der Waals surface area (Å²) in [7, 11) is 3.24. The fourth-order valence-electron chi connectivity index (χ4n) is 3.70. The topological polar surface area (TPSA) is 111 Å². The number of aryl methyl sites for hydroxylation is 3. The molecule has 9 nitrogen and oxygen atoms in total. The highest BCUT2D eigenvalue weighted by atomic mass is 35.5. The molecule has 2 N–H and O–H groups in total. The average Bonchev–Trinajstić information content (AvgIpc) is 3.12. The monoisotopic (exact) mass is 501 g/mol. The van der Waals surface area contributed by atoms with Gasteiger partial charge in [-0.15, -0.1) is 0 Å². The van der Waals surface area contributed by atoms with Crippen LogP contribution in [0.4, 0.5) is 11.6 Å². The summed E-state index contributed by atoms with van der Waals surface area (Å²) in [5, 5.41) is 12.8. The molecule has 0 unspecified atom stereocenters. The molecular weight excluding hydrogens is 481 g/mol. The average molecular weight is 502 g/mol. The van der Waals surface area contributed by atoms with E-state index < -0.39 is 17.2 Å². The number of aliphatic carboxylic acids is 1. The minimum Gasteiger partial charge on any atom is -0.481 e. The molecule has 0 saturated carbocycles.